The van der Waals surface area contributed by atoms with E-state index >= 15 is 0 Å². The van der Waals surface area contributed by atoms with Gasteiger partial charge in [0.05, 0.1) is 13.2 Å². The topological polar surface area (TPSA) is 91.3 Å². The Hall–Kier alpha value is -0.990. The number of nitrogens with zero attached hydrogens (tertiary/aromatic N) is 1. The maximum Gasteiger partial charge on any atom is 0.274 e. The molecular formula is C10H20N2O5. The summed E-state index contributed by atoms with van der Waals surface area (Å²) in [6.07, 6.45) is 1.87. The van der Waals surface area contributed by atoms with Crippen molar-refractivity contribution < 1.29 is 24.7 Å². The van der Waals surface area contributed by atoms with Crippen LogP contribution >= 0.6 is 0 Å². The minimum Gasteiger partial charge on any atom is -0.394 e. The number of carbonyl (C=O) groups excluding carboxylic acids is 1. The summed E-state index contributed by atoms with van der Waals surface area (Å²) in [7, 11) is 0. The summed E-state index contributed by atoms with van der Waals surface area (Å²) in [5.41, 5.74) is 0. The smallest absolute Gasteiger partial charge is 0.274 e. The van der Waals surface area contributed by atoms with Crippen molar-refractivity contribution in [3.63, 3.8) is 0 Å². The first-order chi connectivity index (χ1) is 8.26. The molecule has 0 aliphatic rings. The van der Waals surface area contributed by atoms with Crippen LogP contribution in [0.4, 0.5) is 0 Å². The van der Waals surface area contributed by atoms with Gasteiger partial charge in [0, 0.05) is 19.5 Å². The van der Waals surface area contributed by atoms with E-state index in [-0.39, 0.29) is 38.8 Å². The van der Waals surface area contributed by atoms with Gasteiger partial charge >= 0.3 is 0 Å². The van der Waals surface area contributed by atoms with Gasteiger partial charge in [0.25, 0.3) is 5.91 Å². The van der Waals surface area contributed by atoms with Crippen molar-refractivity contribution in [3.8, 4) is 0 Å². The van der Waals surface area contributed by atoms with Crippen LogP contribution < -0.4 is 5.32 Å². The molecule has 0 aromatic carbocycles. The molecule has 100 valence electrons. The minimum atomic E-state index is -0.386. The SMILES string of the molecule is C=CCNCCC(=O)N(OCCO)OCCO. The van der Waals surface area contributed by atoms with Gasteiger partial charge in [-0.2, -0.15) is 0 Å². The fourth-order valence-corrected chi connectivity index (χ4v) is 0.919. The second kappa shape index (κ2) is 11.5. The van der Waals surface area contributed by atoms with Crippen molar-refractivity contribution in [2.24, 2.45) is 0 Å². The highest BCUT2D eigenvalue weighted by Gasteiger charge is 2.14. The van der Waals surface area contributed by atoms with Crippen LogP contribution in [0, 0.1) is 0 Å². The van der Waals surface area contributed by atoms with Gasteiger partial charge in [0.2, 0.25) is 0 Å². The third-order valence-electron chi connectivity index (χ3n) is 1.61. The fourth-order valence-electron chi connectivity index (χ4n) is 0.919. The largest absolute Gasteiger partial charge is 0.394 e. The van der Waals surface area contributed by atoms with Crippen LogP contribution in [0.3, 0.4) is 0 Å². The van der Waals surface area contributed by atoms with Crippen molar-refractivity contribution >= 4 is 5.91 Å². The second-order valence-corrected chi connectivity index (χ2v) is 3.01. The van der Waals surface area contributed by atoms with Crippen LogP contribution in [0.2, 0.25) is 0 Å². The number of nitrogens with one attached hydrogen (secondary N) is 1. The molecule has 0 aliphatic heterocycles. The molecule has 0 radical (unpaired) electrons. The Morgan fingerprint density at radius 2 is 1.88 bits per heavy atom. The third-order valence-corrected chi connectivity index (χ3v) is 1.61. The Bertz CT molecular complexity index is 205. The van der Waals surface area contributed by atoms with Gasteiger partial charge in [-0.1, -0.05) is 11.3 Å². The molecule has 0 saturated carbocycles. The maximum atomic E-state index is 11.6. The first-order valence-corrected chi connectivity index (χ1v) is 5.38. The number of rotatable bonds is 11. The van der Waals surface area contributed by atoms with Gasteiger partial charge in [-0.3, -0.25) is 4.79 Å². The highest BCUT2D eigenvalue weighted by Crippen LogP contribution is 1.97. The lowest BCUT2D eigenvalue weighted by Crippen LogP contribution is -2.35. The Morgan fingerprint density at radius 1 is 1.29 bits per heavy atom. The van der Waals surface area contributed by atoms with Gasteiger partial charge < -0.3 is 15.5 Å². The van der Waals surface area contributed by atoms with Crippen molar-refractivity contribution in [2.75, 3.05) is 39.5 Å². The first-order valence-electron chi connectivity index (χ1n) is 5.38. The second-order valence-electron chi connectivity index (χ2n) is 3.01. The number of hydrogen-bond donors (Lipinski definition) is 3. The molecule has 3 N–H and O–H groups in total. The molecule has 0 aromatic rings. The Kier molecular flexibility index (Phi) is 10.8. The quantitative estimate of drug-likeness (QED) is 0.242. The van der Waals surface area contributed by atoms with E-state index in [4.69, 9.17) is 19.9 Å². The van der Waals surface area contributed by atoms with Gasteiger partial charge in [0.15, 0.2) is 0 Å². The van der Waals surface area contributed by atoms with Gasteiger partial charge in [-0.05, 0) is 0 Å². The molecule has 0 saturated heterocycles. The number of carbonyl (C=O) groups is 1. The molecular weight excluding hydrogens is 228 g/mol. The number of hydroxylamine groups is 2. The molecule has 0 bridgehead atoms. The number of hydrogen-bond acceptors (Lipinski definition) is 6. The Morgan fingerprint density at radius 3 is 2.35 bits per heavy atom. The van der Waals surface area contributed by atoms with E-state index in [2.05, 4.69) is 11.9 Å². The normalized spacial score (nSPS) is 10.2. The predicted molar refractivity (Wildman–Crippen MR) is 60.6 cm³/mol. The molecule has 0 heterocycles. The summed E-state index contributed by atoms with van der Waals surface area (Å²) in [5, 5.41) is 20.8. The summed E-state index contributed by atoms with van der Waals surface area (Å²) in [6.45, 7) is 4.08. The molecule has 0 spiro atoms. The molecule has 0 rings (SSSR count). The lowest BCUT2D eigenvalue weighted by atomic mass is 10.4. The van der Waals surface area contributed by atoms with E-state index in [1.165, 1.54) is 0 Å². The Balaban J connectivity index is 3.89. The number of aliphatic hydroxyl groups is 2. The van der Waals surface area contributed by atoms with Gasteiger partial charge in [-0.25, -0.2) is 9.68 Å². The van der Waals surface area contributed by atoms with Crippen LogP contribution in [0.1, 0.15) is 6.42 Å². The zero-order valence-corrected chi connectivity index (χ0v) is 9.80. The average Bonchev–Trinajstić information content (AvgIpc) is 2.34. The Labute approximate surface area is 101 Å². The zero-order chi connectivity index (χ0) is 12.9. The molecule has 7 nitrogen and oxygen atoms in total. The van der Waals surface area contributed by atoms with Crippen molar-refractivity contribution in [3.05, 3.63) is 12.7 Å². The third kappa shape index (κ3) is 8.78. The minimum absolute atomic E-state index is 0.0444. The molecule has 17 heavy (non-hydrogen) atoms. The molecule has 1 amide bonds. The van der Waals surface area contributed by atoms with Crippen molar-refractivity contribution in [1.82, 2.24) is 10.5 Å². The van der Waals surface area contributed by atoms with E-state index in [0.717, 1.165) is 0 Å². The lowest BCUT2D eigenvalue weighted by Gasteiger charge is -2.19. The van der Waals surface area contributed by atoms with Crippen molar-refractivity contribution in [2.45, 2.75) is 6.42 Å². The fraction of sp³-hybridized carbons (Fsp3) is 0.700. The number of amides is 1. The van der Waals surface area contributed by atoms with Crippen LogP contribution in [0.5, 0.6) is 0 Å². The highest BCUT2D eigenvalue weighted by molar-refractivity contribution is 5.74. The molecule has 0 aromatic heterocycles. The van der Waals surface area contributed by atoms with E-state index in [9.17, 15) is 4.79 Å². The predicted octanol–water partition coefficient (Wildman–Crippen LogP) is -1.17. The maximum absolute atomic E-state index is 11.6. The summed E-state index contributed by atoms with van der Waals surface area (Å²) in [5.74, 6) is -0.386. The van der Waals surface area contributed by atoms with E-state index in [0.29, 0.717) is 18.3 Å². The van der Waals surface area contributed by atoms with Crippen LogP contribution in [-0.2, 0) is 14.5 Å². The van der Waals surface area contributed by atoms with E-state index in [1.807, 2.05) is 0 Å². The van der Waals surface area contributed by atoms with Gasteiger partial charge in [-0.15, -0.1) is 6.58 Å². The molecule has 0 aliphatic carbocycles. The van der Waals surface area contributed by atoms with Crippen LogP contribution in [-0.4, -0.2) is 60.9 Å². The highest BCUT2D eigenvalue weighted by atomic mass is 17.0. The van der Waals surface area contributed by atoms with Crippen LogP contribution in [0.25, 0.3) is 0 Å². The monoisotopic (exact) mass is 248 g/mol. The number of aliphatic hydroxyl groups excluding tert-OH is 2. The lowest BCUT2D eigenvalue weighted by molar-refractivity contribution is -0.345. The first kappa shape index (κ1) is 16.0. The molecule has 0 atom stereocenters. The van der Waals surface area contributed by atoms with E-state index in [1.54, 1.807) is 6.08 Å². The van der Waals surface area contributed by atoms with Gasteiger partial charge in [0.1, 0.15) is 13.2 Å². The summed E-state index contributed by atoms with van der Waals surface area (Å²) in [4.78, 5) is 21.3. The standard InChI is InChI=1S/C10H20N2O5/c1-2-4-11-5-3-10(15)12(16-8-6-13)17-9-7-14/h2,11,13-14H,1,3-9H2. The average molecular weight is 248 g/mol. The molecule has 7 heteroatoms. The zero-order valence-electron chi connectivity index (χ0n) is 9.80. The van der Waals surface area contributed by atoms with Crippen molar-refractivity contribution in [1.29, 1.82) is 0 Å². The van der Waals surface area contributed by atoms with Crippen LogP contribution in [0.15, 0.2) is 12.7 Å². The molecule has 0 fully saturated rings. The summed E-state index contributed by atoms with van der Waals surface area (Å²) < 4.78 is 0. The molecule has 0 unspecified atom stereocenters. The summed E-state index contributed by atoms with van der Waals surface area (Å²) in [6, 6.07) is 0. The van der Waals surface area contributed by atoms with E-state index < -0.39 is 0 Å². The summed E-state index contributed by atoms with van der Waals surface area (Å²) >= 11 is 0.